The van der Waals surface area contributed by atoms with E-state index in [1.807, 2.05) is 31.2 Å². The van der Waals surface area contributed by atoms with Gasteiger partial charge in [0.15, 0.2) is 5.82 Å². The standard InChI is InChI=1S/C30H33N7O2/c1-19-7-8-21(3)27(16-19)35-9-11-36(12-10-35)28(29-32-33-34-37(29)18-23-6-5-13-39-23)25-17-24-22(4)14-20(2)15-26(24)31-30(25)38/h5-8,13-17,28H,9-12,18H2,1-4H3,(H,31,38)/t28-/m0/s1. The fraction of sp³-hybridized carbons (Fsp3) is 0.333. The van der Waals surface area contributed by atoms with Gasteiger partial charge in [-0.2, -0.15) is 0 Å². The number of benzene rings is 2. The lowest BCUT2D eigenvalue weighted by Crippen LogP contribution is -2.49. The molecule has 39 heavy (non-hydrogen) atoms. The van der Waals surface area contributed by atoms with Gasteiger partial charge in [0.25, 0.3) is 5.56 Å². The maximum absolute atomic E-state index is 13.6. The molecule has 3 aromatic heterocycles. The van der Waals surface area contributed by atoms with E-state index in [4.69, 9.17) is 4.42 Å². The normalized spacial score (nSPS) is 15.2. The molecule has 0 amide bonds. The number of aryl methyl sites for hydroxylation is 4. The second-order valence-electron chi connectivity index (χ2n) is 10.6. The highest BCUT2D eigenvalue weighted by atomic mass is 16.3. The molecule has 1 N–H and O–H groups in total. The van der Waals surface area contributed by atoms with Gasteiger partial charge in [-0.3, -0.25) is 9.69 Å². The number of piperazine rings is 1. The summed E-state index contributed by atoms with van der Waals surface area (Å²) in [5.74, 6) is 1.38. The van der Waals surface area contributed by atoms with Crippen molar-refractivity contribution in [3.05, 3.63) is 105 Å². The highest BCUT2D eigenvalue weighted by Gasteiger charge is 2.33. The molecular weight excluding hydrogens is 490 g/mol. The van der Waals surface area contributed by atoms with Crippen LogP contribution in [0.1, 0.15) is 45.4 Å². The van der Waals surface area contributed by atoms with Gasteiger partial charge >= 0.3 is 0 Å². The summed E-state index contributed by atoms with van der Waals surface area (Å²) in [6.45, 7) is 12.0. The van der Waals surface area contributed by atoms with Gasteiger partial charge in [0.05, 0.1) is 6.26 Å². The van der Waals surface area contributed by atoms with Crippen molar-refractivity contribution in [2.75, 3.05) is 31.1 Å². The van der Waals surface area contributed by atoms with Crippen LogP contribution < -0.4 is 10.5 Å². The first-order chi connectivity index (χ1) is 18.9. The third-order valence-electron chi connectivity index (χ3n) is 7.71. The van der Waals surface area contributed by atoms with E-state index in [9.17, 15) is 4.79 Å². The van der Waals surface area contributed by atoms with Gasteiger partial charge in [-0.05, 0) is 90.7 Å². The molecule has 1 aliphatic rings. The third-order valence-corrected chi connectivity index (χ3v) is 7.71. The zero-order chi connectivity index (χ0) is 27.1. The number of aromatic nitrogens is 5. The number of tetrazole rings is 1. The van der Waals surface area contributed by atoms with Crippen molar-refractivity contribution in [2.45, 2.75) is 40.3 Å². The number of rotatable bonds is 6. The van der Waals surface area contributed by atoms with Gasteiger partial charge in [-0.15, -0.1) is 5.10 Å². The highest BCUT2D eigenvalue weighted by Crippen LogP contribution is 2.31. The zero-order valence-electron chi connectivity index (χ0n) is 22.8. The van der Waals surface area contributed by atoms with Crippen molar-refractivity contribution in [3.63, 3.8) is 0 Å². The molecule has 0 saturated carbocycles. The maximum atomic E-state index is 13.6. The average Bonchev–Trinajstić information content (AvgIpc) is 3.59. The van der Waals surface area contributed by atoms with Gasteiger partial charge in [0.1, 0.15) is 18.3 Å². The number of hydrogen-bond donors (Lipinski definition) is 1. The number of fused-ring (bicyclic) bond motifs is 1. The summed E-state index contributed by atoms with van der Waals surface area (Å²) >= 11 is 0. The third kappa shape index (κ3) is 4.85. The van der Waals surface area contributed by atoms with Crippen LogP contribution in [-0.4, -0.2) is 56.3 Å². The Hall–Kier alpha value is -4.24. The van der Waals surface area contributed by atoms with Crippen LogP contribution in [-0.2, 0) is 6.54 Å². The van der Waals surface area contributed by atoms with Crippen molar-refractivity contribution < 1.29 is 4.42 Å². The van der Waals surface area contributed by atoms with E-state index >= 15 is 0 Å². The summed E-state index contributed by atoms with van der Waals surface area (Å²) in [4.78, 5) is 21.5. The molecule has 1 aliphatic heterocycles. The van der Waals surface area contributed by atoms with Crippen LogP contribution in [0.25, 0.3) is 10.9 Å². The van der Waals surface area contributed by atoms with Gasteiger partial charge < -0.3 is 14.3 Å². The predicted molar refractivity (Wildman–Crippen MR) is 151 cm³/mol. The Labute approximate surface area is 227 Å². The lowest BCUT2D eigenvalue weighted by Gasteiger charge is -2.40. The fourth-order valence-corrected chi connectivity index (χ4v) is 5.74. The monoisotopic (exact) mass is 523 g/mol. The predicted octanol–water partition coefficient (Wildman–Crippen LogP) is 4.30. The van der Waals surface area contributed by atoms with Crippen molar-refractivity contribution >= 4 is 16.6 Å². The number of nitrogens with one attached hydrogen (secondary N) is 1. The second-order valence-corrected chi connectivity index (χ2v) is 10.6. The summed E-state index contributed by atoms with van der Waals surface area (Å²) in [6, 6.07) is 16.1. The molecule has 0 radical (unpaired) electrons. The zero-order valence-corrected chi connectivity index (χ0v) is 22.8. The van der Waals surface area contributed by atoms with Crippen LogP contribution in [0.15, 0.2) is 64.0 Å². The molecule has 0 spiro atoms. The molecule has 200 valence electrons. The van der Waals surface area contributed by atoms with Gasteiger partial charge in [-0.1, -0.05) is 18.2 Å². The van der Waals surface area contributed by atoms with Crippen LogP contribution in [0, 0.1) is 27.7 Å². The van der Waals surface area contributed by atoms with E-state index in [0.717, 1.165) is 54.0 Å². The van der Waals surface area contributed by atoms with Crippen LogP contribution >= 0.6 is 0 Å². The topological polar surface area (TPSA) is 96.1 Å². The minimum atomic E-state index is -0.412. The number of nitrogens with zero attached hydrogens (tertiary/aromatic N) is 6. The fourth-order valence-electron chi connectivity index (χ4n) is 5.74. The van der Waals surface area contributed by atoms with Crippen LogP contribution in [0.3, 0.4) is 0 Å². The summed E-state index contributed by atoms with van der Waals surface area (Å²) < 4.78 is 7.32. The van der Waals surface area contributed by atoms with Crippen LogP contribution in [0.2, 0.25) is 0 Å². The molecule has 0 bridgehead atoms. The molecule has 2 aromatic carbocycles. The molecule has 0 unspecified atom stereocenters. The van der Waals surface area contributed by atoms with Crippen molar-refractivity contribution in [2.24, 2.45) is 0 Å². The number of H-pyrrole nitrogens is 1. The summed E-state index contributed by atoms with van der Waals surface area (Å²) in [5, 5.41) is 13.8. The Kier molecular flexibility index (Phi) is 6.52. The summed E-state index contributed by atoms with van der Waals surface area (Å²) in [6.07, 6.45) is 1.64. The molecule has 9 nitrogen and oxygen atoms in total. The minimum absolute atomic E-state index is 0.123. The maximum Gasteiger partial charge on any atom is 0.253 e. The van der Waals surface area contributed by atoms with E-state index in [-0.39, 0.29) is 5.56 Å². The van der Waals surface area contributed by atoms with Gasteiger partial charge in [0.2, 0.25) is 0 Å². The number of pyridine rings is 1. The van der Waals surface area contributed by atoms with E-state index in [0.29, 0.717) is 17.9 Å². The van der Waals surface area contributed by atoms with Crippen LogP contribution in [0.5, 0.6) is 0 Å². The van der Waals surface area contributed by atoms with Crippen molar-refractivity contribution in [1.29, 1.82) is 0 Å². The molecule has 0 aliphatic carbocycles. The number of aromatic amines is 1. The van der Waals surface area contributed by atoms with Crippen molar-refractivity contribution in [1.82, 2.24) is 30.1 Å². The van der Waals surface area contributed by atoms with Gasteiger partial charge in [-0.25, -0.2) is 4.68 Å². The smallest absolute Gasteiger partial charge is 0.253 e. The average molecular weight is 524 g/mol. The first-order valence-corrected chi connectivity index (χ1v) is 13.4. The van der Waals surface area contributed by atoms with E-state index in [1.54, 1.807) is 10.9 Å². The van der Waals surface area contributed by atoms with Crippen molar-refractivity contribution in [3.8, 4) is 0 Å². The Bertz CT molecular complexity index is 1680. The highest BCUT2D eigenvalue weighted by molar-refractivity contribution is 5.83. The molecule has 5 aromatic rings. The van der Waals surface area contributed by atoms with E-state index in [1.165, 1.54) is 16.8 Å². The molecule has 1 saturated heterocycles. The molecular formula is C30H33N7O2. The quantitative estimate of drug-likeness (QED) is 0.354. The summed E-state index contributed by atoms with van der Waals surface area (Å²) in [7, 11) is 0. The SMILES string of the molecule is Cc1ccc(C)c(N2CCN([C@@H](c3cc4c(C)cc(C)cc4[nH]c3=O)c3nnnn3Cc3ccco3)CC2)c1. The Morgan fingerprint density at radius 3 is 2.54 bits per heavy atom. The first-order valence-electron chi connectivity index (χ1n) is 13.4. The number of furan rings is 1. The number of hydrogen-bond acceptors (Lipinski definition) is 7. The van der Waals surface area contributed by atoms with Crippen LogP contribution in [0.4, 0.5) is 5.69 Å². The number of anilines is 1. The molecule has 1 atom stereocenters. The Morgan fingerprint density at radius 1 is 0.949 bits per heavy atom. The Balaban J connectivity index is 1.40. The first kappa shape index (κ1) is 25.1. The molecule has 4 heterocycles. The molecule has 1 fully saturated rings. The lowest BCUT2D eigenvalue weighted by molar-refractivity contribution is 0.200. The van der Waals surface area contributed by atoms with Gasteiger partial charge in [0, 0.05) is 48.3 Å². The molecule has 6 rings (SSSR count). The Morgan fingerprint density at radius 2 is 1.77 bits per heavy atom. The molecule has 9 heteroatoms. The van der Waals surface area contributed by atoms with E-state index < -0.39 is 6.04 Å². The minimum Gasteiger partial charge on any atom is -0.467 e. The lowest BCUT2D eigenvalue weighted by atomic mass is 9.99. The largest absolute Gasteiger partial charge is 0.467 e. The second kappa shape index (κ2) is 10.1. The summed E-state index contributed by atoms with van der Waals surface area (Å²) in [5.41, 5.74) is 7.39. The van der Waals surface area contributed by atoms with E-state index in [2.05, 4.69) is 75.3 Å².